The highest BCUT2D eigenvalue weighted by Crippen LogP contribution is 2.22. The number of ether oxygens (including phenoxy) is 1. The maximum absolute atomic E-state index is 13.4. The smallest absolute Gasteiger partial charge is 0.390 e. The molecule has 0 amide bonds. The number of hydrogen-bond donors (Lipinski definition) is 1. The fourth-order valence-corrected chi connectivity index (χ4v) is 2.59. The van der Waals surface area contributed by atoms with Gasteiger partial charge in [-0.15, -0.1) is 0 Å². The van der Waals surface area contributed by atoms with E-state index >= 15 is 0 Å². The maximum Gasteiger partial charge on any atom is 0.390 e. The van der Waals surface area contributed by atoms with Gasteiger partial charge in [0.1, 0.15) is 0 Å². The maximum atomic E-state index is 13.4. The average Bonchev–Trinajstić information content (AvgIpc) is 2.49. The van der Waals surface area contributed by atoms with E-state index in [1.54, 1.807) is 0 Å². The Labute approximate surface area is 134 Å². The lowest BCUT2D eigenvalue weighted by Gasteiger charge is -2.09. The van der Waals surface area contributed by atoms with Crippen molar-refractivity contribution in [3.05, 3.63) is 42.5 Å². The summed E-state index contributed by atoms with van der Waals surface area (Å²) < 4.78 is 79.6. The second-order valence-electron chi connectivity index (χ2n) is 4.57. The Morgan fingerprint density at radius 1 is 1.12 bits per heavy atom. The highest BCUT2D eigenvalue weighted by molar-refractivity contribution is 7.92. The highest BCUT2D eigenvalue weighted by Gasteiger charge is 2.30. The van der Waals surface area contributed by atoms with E-state index in [2.05, 4.69) is 9.97 Å². The van der Waals surface area contributed by atoms with Crippen molar-refractivity contribution in [1.29, 1.82) is 0 Å². The minimum absolute atomic E-state index is 0.129. The zero-order chi connectivity index (χ0) is 17.8. The average molecular weight is 365 g/mol. The number of anilines is 1. The van der Waals surface area contributed by atoms with Gasteiger partial charge in [0, 0.05) is 0 Å². The lowest BCUT2D eigenvalue weighted by Crippen LogP contribution is -2.22. The number of sulfonamides is 1. The summed E-state index contributed by atoms with van der Waals surface area (Å²) >= 11 is 0. The number of hydrogen-bond acceptors (Lipinski definition) is 5. The van der Waals surface area contributed by atoms with Gasteiger partial charge in [0.2, 0.25) is 10.0 Å². The fraction of sp³-hybridized carbons (Fsp3) is 0.231. The second kappa shape index (κ2) is 6.99. The van der Waals surface area contributed by atoms with Crippen LogP contribution in [0.25, 0.3) is 0 Å². The standard InChI is InChI=1S/C13H11F4N3O3S/c14-10-3-1-2-4-11(10)23-12-18-7-9(8-19-12)20-24(21,22)6-5-13(15,16)17/h1-4,7-8,20H,5-6H2. The van der Waals surface area contributed by atoms with E-state index in [0.29, 0.717) is 0 Å². The van der Waals surface area contributed by atoms with Crippen LogP contribution in [0.5, 0.6) is 11.8 Å². The monoisotopic (exact) mass is 365 g/mol. The molecule has 1 N–H and O–H groups in total. The predicted octanol–water partition coefficient (Wildman–Crippen LogP) is 3.10. The molecule has 0 radical (unpaired) electrons. The van der Waals surface area contributed by atoms with Crippen molar-refractivity contribution >= 4 is 15.7 Å². The van der Waals surface area contributed by atoms with Crippen LogP contribution in [0.15, 0.2) is 36.7 Å². The van der Waals surface area contributed by atoms with Crippen LogP contribution in [0.3, 0.4) is 0 Å². The molecule has 1 aromatic heterocycles. The van der Waals surface area contributed by atoms with Gasteiger partial charge in [-0.05, 0) is 12.1 Å². The van der Waals surface area contributed by atoms with E-state index in [1.807, 2.05) is 4.72 Å². The van der Waals surface area contributed by atoms with Crippen LogP contribution in [-0.2, 0) is 10.0 Å². The number of alkyl halides is 3. The largest absolute Gasteiger partial charge is 0.421 e. The Balaban J connectivity index is 2.00. The van der Waals surface area contributed by atoms with Gasteiger partial charge in [0.05, 0.1) is 30.3 Å². The predicted molar refractivity (Wildman–Crippen MR) is 76.6 cm³/mol. The molecular formula is C13H11F4N3O3S. The molecule has 1 heterocycles. The van der Waals surface area contributed by atoms with Crippen molar-refractivity contribution in [2.24, 2.45) is 0 Å². The van der Waals surface area contributed by atoms with Crippen LogP contribution in [0.4, 0.5) is 23.2 Å². The van der Waals surface area contributed by atoms with Gasteiger partial charge < -0.3 is 4.74 Å². The van der Waals surface area contributed by atoms with Crippen LogP contribution in [0.1, 0.15) is 6.42 Å². The number of para-hydroxylation sites is 1. The zero-order valence-electron chi connectivity index (χ0n) is 11.9. The number of nitrogens with zero attached hydrogens (tertiary/aromatic N) is 2. The molecule has 0 aliphatic heterocycles. The fourth-order valence-electron chi connectivity index (χ4n) is 1.53. The normalized spacial score (nSPS) is 12.0. The van der Waals surface area contributed by atoms with Crippen molar-refractivity contribution in [3.8, 4) is 11.8 Å². The molecule has 1 aromatic carbocycles. The van der Waals surface area contributed by atoms with E-state index in [4.69, 9.17) is 4.74 Å². The molecule has 0 bridgehead atoms. The molecule has 0 aliphatic carbocycles. The minimum atomic E-state index is -4.58. The first-order valence-corrected chi connectivity index (χ1v) is 8.11. The molecule has 11 heteroatoms. The topological polar surface area (TPSA) is 81.2 Å². The summed E-state index contributed by atoms with van der Waals surface area (Å²) in [6, 6.07) is 5.24. The number of halogens is 4. The van der Waals surface area contributed by atoms with E-state index in [0.717, 1.165) is 12.4 Å². The summed E-state index contributed by atoms with van der Waals surface area (Å²) in [5, 5.41) is 0. The van der Waals surface area contributed by atoms with Crippen molar-refractivity contribution in [1.82, 2.24) is 9.97 Å². The van der Waals surface area contributed by atoms with Crippen molar-refractivity contribution in [2.45, 2.75) is 12.6 Å². The van der Waals surface area contributed by atoms with Crippen molar-refractivity contribution in [2.75, 3.05) is 10.5 Å². The summed E-state index contributed by atoms with van der Waals surface area (Å²) in [6.45, 7) is 0. The molecule has 2 rings (SSSR count). The zero-order valence-corrected chi connectivity index (χ0v) is 12.7. The first-order valence-electron chi connectivity index (χ1n) is 6.46. The van der Waals surface area contributed by atoms with Crippen molar-refractivity contribution in [3.63, 3.8) is 0 Å². The third-order valence-corrected chi connectivity index (χ3v) is 3.88. The summed E-state index contributed by atoms with van der Waals surface area (Å²) in [5.74, 6) is -1.89. The van der Waals surface area contributed by atoms with E-state index in [9.17, 15) is 26.0 Å². The molecule has 130 valence electrons. The number of aromatic nitrogens is 2. The van der Waals surface area contributed by atoms with E-state index < -0.39 is 34.2 Å². The highest BCUT2D eigenvalue weighted by atomic mass is 32.2. The Kier molecular flexibility index (Phi) is 5.22. The molecule has 24 heavy (non-hydrogen) atoms. The Hall–Kier alpha value is -2.43. The summed E-state index contributed by atoms with van der Waals surface area (Å²) in [5.41, 5.74) is -0.141. The number of benzene rings is 1. The molecule has 0 aliphatic rings. The van der Waals surface area contributed by atoms with Gasteiger partial charge in [-0.1, -0.05) is 12.1 Å². The van der Waals surface area contributed by atoms with Crippen molar-refractivity contribution < 1.29 is 30.7 Å². The number of nitrogens with one attached hydrogen (secondary N) is 1. The Morgan fingerprint density at radius 3 is 2.33 bits per heavy atom. The van der Waals surface area contributed by atoms with Gasteiger partial charge in [0.15, 0.2) is 11.6 Å². The van der Waals surface area contributed by atoms with Crippen LogP contribution in [0, 0.1) is 5.82 Å². The van der Waals surface area contributed by atoms with Gasteiger partial charge in [-0.2, -0.15) is 13.2 Å². The van der Waals surface area contributed by atoms with Gasteiger partial charge in [-0.25, -0.2) is 22.8 Å². The molecular weight excluding hydrogens is 354 g/mol. The molecule has 2 aromatic rings. The van der Waals surface area contributed by atoms with E-state index in [1.165, 1.54) is 24.3 Å². The quantitative estimate of drug-likeness (QED) is 0.796. The van der Waals surface area contributed by atoms with Gasteiger partial charge >= 0.3 is 12.2 Å². The molecule has 0 saturated carbocycles. The third-order valence-electron chi connectivity index (χ3n) is 2.59. The van der Waals surface area contributed by atoms with Crippen LogP contribution in [0.2, 0.25) is 0 Å². The summed E-state index contributed by atoms with van der Waals surface area (Å²) in [6.07, 6.45) is -4.07. The van der Waals surface area contributed by atoms with Gasteiger partial charge in [0.25, 0.3) is 0 Å². The summed E-state index contributed by atoms with van der Waals surface area (Å²) in [4.78, 5) is 7.32. The summed E-state index contributed by atoms with van der Waals surface area (Å²) in [7, 11) is -4.20. The number of rotatable bonds is 6. The molecule has 0 saturated heterocycles. The van der Waals surface area contributed by atoms with E-state index in [-0.39, 0.29) is 17.4 Å². The Bertz CT molecular complexity index is 795. The first kappa shape index (κ1) is 17.9. The SMILES string of the molecule is O=S(=O)(CCC(F)(F)F)Nc1cnc(Oc2ccccc2F)nc1. The van der Waals surface area contributed by atoms with Crippen LogP contribution >= 0.6 is 0 Å². The minimum Gasteiger partial charge on any atom is -0.421 e. The molecule has 0 spiro atoms. The van der Waals surface area contributed by atoms with Gasteiger partial charge in [-0.3, -0.25) is 4.72 Å². The Morgan fingerprint density at radius 2 is 1.75 bits per heavy atom. The van der Waals surface area contributed by atoms with Crippen LogP contribution < -0.4 is 9.46 Å². The third kappa shape index (κ3) is 5.65. The van der Waals surface area contributed by atoms with Crippen LogP contribution in [-0.4, -0.2) is 30.3 Å². The lowest BCUT2D eigenvalue weighted by molar-refractivity contribution is -0.129. The molecule has 0 atom stereocenters. The molecule has 0 unspecified atom stereocenters. The molecule has 0 fully saturated rings. The first-order chi connectivity index (χ1) is 11.1. The molecule has 6 nitrogen and oxygen atoms in total. The second-order valence-corrected chi connectivity index (χ2v) is 6.41. The lowest BCUT2D eigenvalue weighted by atomic mass is 10.3.